The molecular weight excluding hydrogens is 230 g/mol. The zero-order valence-corrected chi connectivity index (χ0v) is 10.4. The number of aromatic hydroxyl groups is 2. The van der Waals surface area contributed by atoms with Crippen LogP contribution in [0.15, 0.2) is 18.2 Å². The predicted octanol–water partition coefficient (Wildman–Crippen LogP) is 2.16. The first-order chi connectivity index (χ1) is 8.66. The van der Waals surface area contributed by atoms with E-state index < -0.39 is 0 Å². The molecule has 2 N–H and O–H groups in total. The number of Topliss-reactive ketones (excluding diaryl/α,β-unsaturated/α-hetero) is 1. The Morgan fingerprint density at radius 3 is 2.56 bits per heavy atom. The molecule has 0 spiro atoms. The Balaban J connectivity index is 1.81. The van der Waals surface area contributed by atoms with Crippen molar-refractivity contribution in [1.29, 1.82) is 0 Å². The number of hydrogen-bond acceptors (Lipinski definition) is 4. The topological polar surface area (TPSA) is 60.8 Å². The maximum Gasteiger partial charge on any atom is 0.163 e. The molecular formula is C14H19NO3. The molecule has 1 aliphatic heterocycles. The molecule has 4 nitrogen and oxygen atoms in total. The van der Waals surface area contributed by atoms with E-state index in [2.05, 4.69) is 4.90 Å². The summed E-state index contributed by atoms with van der Waals surface area (Å²) in [6.07, 6.45) is 3.86. The summed E-state index contributed by atoms with van der Waals surface area (Å²) in [7, 11) is 0. The second-order valence-corrected chi connectivity index (χ2v) is 4.78. The zero-order valence-electron chi connectivity index (χ0n) is 10.4. The lowest BCUT2D eigenvalue weighted by molar-refractivity contribution is 0.0975. The molecule has 0 aliphatic carbocycles. The SMILES string of the molecule is O=C(CCCN1CCCC1)c1ccc(O)c(O)c1. The van der Waals surface area contributed by atoms with E-state index in [1.54, 1.807) is 6.07 Å². The van der Waals surface area contributed by atoms with Gasteiger partial charge in [0.05, 0.1) is 0 Å². The summed E-state index contributed by atoms with van der Waals surface area (Å²) in [6.45, 7) is 3.26. The molecule has 98 valence electrons. The third kappa shape index (κ3) is 3.23. The monoisotopic (exact) mass is 249 g/mol. The molecule has 0 unspecified atom stereocenters. The number of rotatable bonds is 5. The summed E-state index contributed by atoms with van der Waals surface area (Å²) in [5, 5.41) is 18.5. The van der Waals surface area contributed by atoms with Crippen molar-refractivity contribution in [3.63, 3.8) is 0 Å². The van der Waals surface area contributed by atoms with Crippen LogP contribution in [-0.2, 0) is 0 Å². The molecule has 18 heavy (non-hydrogen) atoms. The minimum Gasteiger partial charge on any atom is -0.504 e. The lowest BCUT2D eigenvalue weighted by atomic mass is 10.1. The average molecular weight is 249 g/mol. The largest absolute Gasteiger partial charge is 0.504 e. The lowest BCUT2D eigenvalue weighted by Crippen LogP contribution is -2.21. The van der Waals surface area contributed by atoms with Crippen LogP contribution in [0.25, 0.3) is 0 Å². The maximum atomic E-state index is 11.9. The van der Waals surface area contributed by atoms with Gasteiger partial charge in [-0.05, 0) is 57.1 Å². The van der Waals surface area contributed by atoms with E-state index in [1.807, 2.05) is 0 Å². The number of phenols is 2. The normalized spacial score (nSPS) is 16.0. The number of nitrogens with zero attached hydrogens (tertiary/aromatic N) is 1. The van der Waals surface area contributed by atoms with Crippen molar-refractivity contribution < 1.29 is 15.0 Å². The molecule has 1 fully saturated rings. The van der Waals surface area contributed by atoms with Crippen molar-refractivity contribution in [3.05, 3.63) is 23.8 Å². The molecule has 2 rings (SSSR count). The van der Waals surface area contributed by atoms with Crippen molar-refractivity contribution >= 4 is 5.78 Å². The van der Waals surface area contributed by atoms with Gasteiger partial charge in [0.15, 0.2) is 17.3 Å². The quantitative estimate of drug-likeness (QED) is 0.620. The second-order valence-electron chi connectivity index (χ2n) is 4.78. The fraction of sp³-hybridized carbons (Fsp3) is 0.500. The molecule has 1 heterocycles. The first-order valence-corrected chi connectivity index (χ1v) is 6.44. The summed E-state index contributed by atoms with van der Waals surface area (Å²) in [6, 6.07) is 4.23. The van der Waals surface area contributed by atoms with Crippen LogP contribution in [0, 0.1) is 0 Å². The number of likely N-dealkylation sites (tertiary alicyclic amines) is 1. The summed E-state index contributed by atoms with van der Waals surface area (Å²) in [4.78, 5) is 14.2. The summed E-state index contributed by atoms with van der Waals surface area (Å²) >= 11 is 0. The molecule has 0 aromatic heterocycles. The van der Waals surface area contributed by atoms with Gasteiger partial charge < -0.3 is 15.1 Å². The van der Waals surface area contributed by atoms with Gasteiger partial charge in [0, 0.05) is 12.0 Å². The van der Waals surface area contributed by atoms with Gasteiger partial charge in [-0.15, -0.1) is 0 Å². The highest BCUT2D eigenvalue weighted by atomic mass is 16.3. The Labute approximate surface area is 107 Å². The number of hydrogen-bond donors (Lipinski definition) is 2. The van der Waals surface area contributed by atoms with Gasteiger partial charge >= 0.3 is 0 Å². The Bertz CT molecular complexity index is 425. The number of benzene rings is 1. The highest BCUT2D eigenvalue weighted by molar-refractivity contribution is 5.96. The van der Waals surface area contributed by atoms with Gasteiger partial charge in [0.25, 0.3) is 0 Å². The van der Waals surface area contributed by atoms with Crippen LogP contribution in [0.2, 0.25) is 0 Å². The highest BCUT2D eigenvalue weighted by Gasteiger charge is 2.13. The van der Waals surface area contributed by atoms with Crippen LogP contribution < -0.4 is 0 Å². The summed E-state index contributed by atoms with van der Waals surface area (Å²) < 4.78 is 0. The lowest BCUT2D eigenvalue weighted by Gasteiger charge is -2.13. The number of carbonyl (C=O) groups is 1. The summed E-state index contributed by atoms with van der Waals surface area (Å²) in [5.41, 5.74) is 0.465. The Kier molecular flexibility index (Phi) is 4.20. The maximum absolute atomic E-state index is 11.9. The standard InChI is InChI=1S/C14H19NO3/c16-12(4-3-9-15-7-1-2-8-15)11-5-6-13(17)14(18)10-11/h5-6,10,17-18H,1-4,7-9H2. The van der Waals surface area contributed by atoms with E-state index in [1.165, 1.54) is 25.0 Å². The van der Waals surface area contributed by atoms with Crippen molar-refractivity contribution in [2.75, 3.05) is 19.6 Å². The van der Waals surface area contributed by atoms with Crippen LogP contribution >= 0.6 is 0 Å². The Morgan fingerprint density at radius 2 is 1.89 bits per heavy atom. The van der Waals surface area contributed by atoms with Crippen LogP contribution in [0.1, 0.15) is 36.0 Å². The second kappa shape index (κ2) is 5.87. The molecule has 0 atom stereocenters. The third-order valence-electron chi connectivity index (χ3n) is 3.37. The molecule has 1 aromatic carbocycles. The smallest absolute Gasteiger partial charge is 0.163 e. The van der Waals surface area contributed by atoms with Gasteiger partial charge in [-0.2, -0.15) is 0 Å². The van der Waals surface area contributed by atoms with Crippen molar-refractivity contribution in [1.82, 2.24) is 4.90 Å². The molecule has 1 saturated heterocycles. The van der Waals surface area contributed by atoms with Crippen LogP contribution in [0.3, 0.4) is 0 Å². The summed E-state index contributed by atoms with van der Waals surface area (Å²) in [5.74, 6) is -0.409. The molecule has 0 radical (unpaired) electrons. The van der Waals surface area contributed by atoms with Gasteiger partial charge in [0.2, 0.25) is 0 Å². The number of carbonyl (C=O) groups excluding carboxylic acids is 1. The van der Waals surface area contributed by atoms with Gasteiger partial charge in [0.1, 0.15) is 0 Å². The predicted molar refractivity (Wildman–Crippen MR) is 69.0 cm³/mol. The fourth-order valence-electron chi connectivity index (χ4n) is 2.31. The molecule has 1 aromatic rings. The van der Waals surface area contributed by atoms with E-state index in [9.17, 15) is 15.0 Å². The van der Waals surface area contributed by atoms with Crippen molar-refractivity contribution in [2.24, 2.45) is 0 Å². The molecule has 0 bridgehead atoms. The van der Waals surface area contributed by atoms with Crippen LogP contribution in [0.4, 0.5) is 0 Å². The van der Waals surface area contributed by atoms with Crippen LogP contribution in [0.5, 0.6) is 11.5 Å². The minimum atomic E-state index is -0.236. The molecule has 0 saturated carbocycles. The van der Waals surface area contributed by atoms with E-state index >= 15 is 0 Å². The van der Waals surface area contributed by atoms with E-state index in [0.717, 1.165) is 26.1 Å². The fourth-order valence-corrected chi connectivity index (χ4v) is 2.31. The van der Waals surface area contributed by atoms with Crippen molar-refractivity contribution in [3.8, 4) is 11.5 Å². The third-order valence-corrected chi connectivity index (χ3v) is 3.37. The molecule has 1 aliphatic rings. The number of phenolic OH excluding ortho intramolecular Hbond substituents is 2. The van der Waals surface area contributed by atoms with Crippen molar-refractivity contribution in [2.45, 2.75) is 25.7 Å². The minimum absolute atomic E-state index is 0.0181. The Morgan fingerprint density at radius 1 is 1.17 bits per heavy atom. The first-order valence-electron chi connectivity index (χ1n) is 6.44. The van der Waals surface area contributed by atoms with Gasteiger partial charge in [-0.1, -0.05) is 0 Å². The molecule has 4 heteroatoms. The van der Waals surface area contributed by atoms with Gasteiger partial charge in [-0.3, -0.25) is 4.79 Å². The van der Waals surface area contributed by atoms with Crippen LogP contribution in [-0.4, -0.2) is 40.5 Å². The van der Waals surface area contributed by atoms with Gasteiger partial charge in [-0.25, -0.2) is 0 Å². The number of ketones is 1. The van der Waals surface area contributed by atoms with E-state index in [-0.39, 0.29) is 17.3 Å². The van der Waals surface area contributed by atoms with E-state index in [4.69, 9.17) is 0 Å². The highest BCUT2D eigenvalue weighted by Crippen LogP contribution is 2.25. The first kappa shape index (κ1) is 12.9. The average Bonchev–Trinajstić information content (AvgIpc) is 2.85. The zero-order chi connectivity index (χ0) is 13.0. The van der Waals surface area contributed by atoms with E-state index in [0.29, 0.717) is 12.0 Å². The Hall–Kier alpha value is -1.55. The molecule has 0 amide bonds.